The van der Waals surface area contributed by atoms with Gasteiger partial charge in [-0.25, -0.2) is 8.42 Å². The highest BCUT2D eigenvalue weighted by molar-refractivity contribution is 7.89. The fraction of sp³-hybridized carbons (Fsp3) is 0.579. The lowest BCUT2D eigenvalue weighted by molar-refractivity contribution is -0.139. The summed E-state index contributed by atoms with van der Waals surface area (Å²) in [6.45, 7) is 6.51. The molecular formula is C19H25ClF3N3O4S. The van der Waals surface area contributed by atoms with Gasteiger partial charge in [0.1, 0.15) is 10.9 Å². The van der Waals surface area contributed by atoms with E-state index in [1.165, 1.54) is 11.8 Å². The first-order valence-corrected chi connectivity index (χ1v) is 11.3. The molecule has 2 amide bonds. The van der Waals surface area contributed by atoms with E-state index in [1.54, 1.807) is 20.8 Å². The van der Waals surface area contributed by atoms with Gasteiger partial charge in [0.05, 0.1) is 10.6 Å². The molecule has 174 valence electrons. The van der Waals surface area contributed by atoms with Crippen molar-refractivity contribution >= 4 is 33.4 Å². The normalized spacial score (nSPS) is 17.4. The third kappa shape index (κ3) is 5.89. The second-order valence-electron chi connectivity index (χ2n) is 8.32. The number of hydrogen-bond acceptors (Lipinski definition) is 4. The minimum absolute atomic E-state index is 0.0321. The van der Waals surface area contributed by atoms with Crippen LogP contribution in [0.3, 0.4) is 0 Å². The predicted octanol–water partition coefficient (Wildman–Crippen LogP) is 2.74. The van der Waals surface area contributed by atoms with Crippen molar-refractivity contribution in [2.75, 3.05) is 26.2 Å². The van der Waals surface area contributed by atoms with Crippen molar-refractivity contribution in [3.05, 3.63) is 28.8 Å². The number of alkyl halides is 3. The molecule has 1 aliphatic rings. The van der Waals surface area contributed by atoms with E-state index < -0.39 is 38.1 Å². The van der Waals surface area contributed by atoms with Gasteiger partial charge in [0, 0.05) is 31.6 Å². The van der Waals surface area contributed by atoms with Gasteiger partial charge in [0.2, 0.25) is 21.8 Å². The van der Waals surface area contributed by atoms with Gasteiger partial charge in [-0.05, 0) is 25.1 Å². The molecule has 1 fully saturated rings. The molecule has 1 aromatic rings. The standard InChI is InChI=1S/C19H25ClF3N3O4S/c1-12(24-17(28)18(2,3)4)16(27)25-7-9-26(10-8-25)31(29,30)15-11-13(19(21,22)23)5-6-14(15)20/h5-6,11-12H,7-10H2,1-4H3,(H,24,28)/t12-/m1/s1. The van der Waals surface area contributed by atoms with E-state index in [1.807, 2.05) is 0 Å². The summed E-state index contributed by atoms with van der Waals surface area (Å²) in [5, 5.41) is 2.31. The Balaban J connectivity index is 2.10. The third-order valence-electron chi connectivity index (χ3n) is 4.83. The topological polar surface area (TPSA) is 86.8 Å². The van der Waals surface area contributed by atoms with Gasteiger partial charge in [0.25, 0.3) is 0 Å². The Morgan fingerprint density at radius 1 is 1.10 bits per heavy atom. The van der Waals surface area contributed by atoms with Crippen LogP contribution in [0.25, 0.3) is 0 Å². The van der Waals surface area contributed by atoms with Gasteiger partial charge in [-0.3, -0.25) is 9.59 Å². The number of nitrogens with zero attached hydrogens (tertiary/aromatic N) is 2. The van der Waals surface area contributed by atoms with Crippen LogP contribution >= 0.6 is 11.6 Å². The van der Waals surface area contributed by atoms with E-state index in [4.69, 9.17) is 11.6 Å². The Morgan fingerprint density at radius 2 is 1.65 bits per heavy atom. The SMILES string of the molecule is C[C@@H](NC(=O)C(C)(C)C)C(=O)N1CCN(S(=O)(=O)c2cc(C(F)(F)F)ccc2Cl)CC1. The van der Waals surface area contributed by atoms with Crippen molar-refractivity contribution in [3.8, 4) is 0 Å². The Bertz CT molecular complexity index is 953. The van der Waals surface area contributed by atoms with Crippen LogP contribution in [-0.2, 0) is 25.8 Å². The smallest absolute Gasteiger partial charge is 0.344 e. The average molecular weight is 484 g/mol. The molecule has 0 bridgehead atoms. The summed E-state index contributed by atoms with van der Waals surface area (Å²) in [6.07, 6.45) is -4.71. The number of amides is 2. The Hall–Kier alpha value is -1.85. The molecule has 1 atom stereocenters. The minimum atomic E-state index is -4.71. The zero-order chi connectivity index (χ0) is 23.8. The molecule has 1 heterocycles. The molecule has 31 heavy (non-hydrogen) atoms. The van der Waals surface area contributed by atoms with Crippen LogP contribution in [0.15, 0.2) is 23.1 Å². The summed E-state index contributed by atoms with van der Waals surface area (Å²) in [5.41, 5.74) is -1.79. The first-order valence-electron chi connectivity index (χ1n) is 9.52. The Kier molecular flexibility index (Phi) is 7.34. The van der Waals surface area contributed by atoms with Crippen LogP contribution < -0.4 is 5.32 Å². The molecule has 0 aromatic heterocycles. The van der Waals surface area contributed by atoms with E-state index in [0.717, 1.165) is 10.4 Å². The molecule has 12 heteroatoms. The average Bonchev–Trinajstić information content (AvgIpc) is 2.65. The molecule has 2 rings (SSSR count). The highest BCUT2D eigenvalue weighted by atomic mass is 35.5. The predicted molar refractivity (Wildman–Crippen MR) is 109 cm³/mol. The van der Waals surface area contributed by atoms with Gasteiger partial charge in [-0.1, -0.05) is 32.4 Å². The van der Waals surface area contributed by atoms with Crippen molar-refractivity contribution in [3.63, 3.8) is 0 Å². The number of sulfonamides is 1. The molecule has 0 saturated carbocycles. The monoisotopic (exact) mass is 483 g/mol. The first kappa shape index (κ1) is 25.4. The maximum atomic E-state index is 13.0. The fourth-order valence-corrected chi connectivity index (χ4v) is 4.84. The van der Waals surface area contributed by atoms with E-state index >= 15 is 0 Å². The highest BCUT2D eigenvalue weighted by Gasteiger charge is 2.36. The lowest BCUT2D eigenvalue weighted by atomic mass is 9.95. The quantitative estimate of drug-likeness (QED) is 0.713. The number of rotatable bonds is 4. The van der Waals surface area contributed by atoms with Gasteiger partial charge in [-0.15, -0.1) is 0 Å². The van der Waals surface area contributed by atoms with Crippen LogP contribution in [0.4, 0.5) is 13.2 Å². The number of nitrogens with one attached hydrogen (secondary N) is 1. The largest absolute Gasteiger partial charge is 0.416 e. The molecule has 0 radical (unpaired) electrons. The van der Waals surface area contributed by atoms with Crippen molar-refractivity contribution in [1.29, 1.82) is 0 Å². The number of halogens is 4. The fourth-order valence-electron chi connectivity index (χ4n) is 2.91. The van der Waals surface area contributed by atoms with E-state index in [9.17, 15) is 31.2 Å². The Morgan fingerprint density at radius 3 is 2.13 bits per heavy atom. The van der Waals surface area contributed by atoms with Crippen molar-refractivity contribution in [2.45, 2.75) is 44.8 Å². The van der Waals surface area contributed by atoms with Gasteiger partial charge < -0.3 is 10.2 Å². The van der Waals surface area contributed by atoms with Crippen LogP contribution in [0, 0.1) is 5.41 Å². The molecular weight excluding hydrogens is 459 g/mol. The van der Waals surface area contributed by atoms with E-state index in [0.29, 0.717) is 12.1 Å². The number of carbonyl (C=O) groups excluding carboxylic acids is 2. The second kappa shape index (κ2) is 8.95. The van der Waals surface area contributed by atoms with Crippen LogP contribution in [0.1, 0.15) is 33.3 Å². The van der Waals surface area contributed by atoms with E-state index in [-0.39, 0.29) is 43.0 Å². The lowest BCUT2D eigenvalue weighted by Crippen LogP contribution is -2.55. The maximum absolute atomic E-state index is 13.0. The third-order valence-corrected chi connectivity index (χ3v) is 7.21. The number of hydrogen-bond donors (Lipinski definition) is 1. The molecule has 1 saturated heterocycles. The van der Waals surface area contributed by atoms with Crippen molar-refractivity contribution < 1.29 is 31.2 Å². The van der Waals surface area contributed by atoms with E-state index in [2.05, 4.69) is 5.32 Å². The number of carbonyl (C=O) groups is 2. The molecule has 1 aromatic carbocycles. The first-order chi connectivity index (χ1) is 14.0. The Labute approximate surface area is 184 Å². The van der Waals surface area contributed by atoms with Crippen LogP contribution in [0.5, 0.6) is 0 Å². The zero-order valence-corrected chi connectivity index (χ0v) is 19.2. The molecule has 0 aliphatic carbocycles. The summed E-state index contributed by atoms with van der Waals surface area (Å²) >= 11 is 5.88. The molecule has 0 spiro atoms. The minimum Gasteiger partial charge on any atom is -0.344 e. The molecule has 0 unspecified atom stereocenters. The summed E-state index contributed by atoms with van der Waals surface area (Å²) in [4.78, 5) is 25.4. The molecule has 7 nitrogen and oxygen atoms in total. The van der Waals surface area contributed by atoms with Crippen molar-refractivity contribution in [2.24, 2.45) is 5.41 Å². The summed E-state index contributed by atoms with van der Waals surface area (Å²) in [6, 6.07) is 1.33. The maximum Gasteiger partial charge on any atom is 0.416 e. The van der Waals surface area contributed by atoms with Gasteiger partial charge >= 0.3 is 6.18 Å². The van der Waals surface area contributed by atoms with Gasteiger partial charge in [-0.2, -0.15) is 17.5 Å². The zero-order valence-electron chi connectivity index (χ0n) is 17.6. The van der Waals surface area contributed by atoms with Crippen LogP contribution in [-0.4, -0.2) is 61.7 Å². The van der Waals surface area contributed by atoms with Gasteiger partial charge in [0.15, 0.2) is 0 Å². The molecule has 1 N–H and O–H groups in total. The summed E-state index contributed by atoms with van der Waals surface area (Å²) in [5.74, 6) is -0.666. The van der Waals surface area contributed by atoms with Crippen molar-refractivity contribution in [1.82, 2.24) is 14.5 Å². The lowest BCUT2D eigenvalue weighted by Gasteiger charge is -2.35. The summed E-state index contributed by atoms with van der Waals surface area (Å²) < 4.78 is 65.7. The number of benzene rings is 1. The second-order valence-corrected chi connectivity index (χ2v) is 10.6. The number of piperazine rings is 1. The molecule has 1 aliphatic heterocycles. The summed E-state index contributed by atoms with van der Waals surface area (Å²) in [7, 11) is -4.29. The van der Waals surface area contributed by atoms with Crippen LogP contribution in [0.2, 0.25) is 5.02 Å². The highest BCUT2D eigenvalue weighted by Crippen LogP contribution is 2.34.